The maximum atomic E-state index is 13.5. The average molecular weight is 443 g/mol. The molecule has 0 bridgehead atoms. The third-order valence-corrected chi connectivity index (χ3v) is 7.44. The molecule has 0 radical (unpaired) electrons. The van der Waals surface area contributed by atoms with Gasteiger partial charge in [0.05, 0.1) is 33.6 Å². The van der Waals surface area contributed by atoms with Gasteiger partial charge < -0.3 is 0 Å². The fraction of sp³-hybridized carbons (Fsp3) is 0.348. The lowest BCUT2D eigenvalue weighted by molar-refractivity contribution is -0.123. The molecule has 3 heterocycles. The molecular formula is C23H20Cl2N2O3. The molecule has 0 spiro atoms. The Morgan fingerprint density at radius 3 is 2.43 bits per heavy atom. The summed E-state index contributed by atoms with van der Waals surface area (Å²) in [6.07, 6.45) is 1.71. The summed E-state index contributed by atoms with van der Waals surface area (Å²) in [6.45, 7) is 2.68. The van der Waals surface area contributed by atoms with Crippen LogP contribution in [-0.2, 0) is 9.59 Å². The van der Waals surface area contributed by atoms with Crippen LogP contribution in [0.2, 0.25) is 10.0 Å². The van der Waals surface area contributed by atoms with E-state index < -0.39 is 17.9 Å². The van der Waals surface area contributed by atoms with Crippen molar-refractivity contribution < 1.29 is 14.4 Å². The van der Waals surface area contributed by atoms with E-state index in [4.69, 9.17) is 23.2 Å². The van der Waals surface area contributed by atoms with Crippen LogP contribution in [0.25, 0.3) is 0 Å². The molecule has 2 amide bonds. The molecule has 5 rings (SSSR count). The molecule has 0 aromatic heterocycles. The molecule has 154 valence electrons. The van der Waals surface area contributed by atoms with Gasteiger partial charge in [0.1, 0.15) is 0 Å². The zero-order valence-corrected chi connectivity index (χ0v) is 17.9. The molecule has 30 heavy (non-hydrogen) atoms. The number of halogens is 2. The van der Waals surface area contributed by atoms with Crippen molar-refractivity contribution in [2.24, 2.45) is 11.8 Å². The summed E-state index contributed by atoms with van der Waals surface area (Å²) in [5.74, 6) is -1.99. The Labute approximate surface area is 184 Å². The predicted molar refractivity (Wildman–Crippen MR) is 115 cm³/mol. The van der Waals surface area contributed by atoms with E-state index in [0.29, 0.717) is 11.3 Å². The normalized spacial score (nSPS) is 28.2. The van der Waals surface area contributed by atoms with Gasteiger partial charge in [-0.25, -0.2) is 4.90 Å². The summed E-state index contributed by atoms with van der Waals surface area (Å²) in [5.41, 5.74) is 1.92. The number of carbonyl (C=O) groups is 3. The molecule has 3 saturated heterocycles. The number of carbonyl (C=O) groups excluding carboxylic acids is 3. The fourth-order valence-corrected chi connectivity index (χ4v) is 5.69. The maximum absolute atomic E-state index is 13.5. The largest absolute Gasteiger partial charge is 0.292 e. The predicted octanol–water partition coefficient (Wildman–Crippen LogP) is 4.14. The van der Waals surface area contributed by atoms with Crippen molar-refractivity contribution in [1.29, 1.82) is 0 Å². The van der Waals surface area contributed by atoms with Crippen LogP contribution in [0.15, 0.2) is 42.5 Å². The summed E-state index contributed by atoms with van der Waals surface area (Å²) < 4.78 is 0. The highest BCUT2D eigenvalue weighted by molar-refractivity contribution is 6.45. The first-order chi connectivity index (χ1) is 14.4. The number of hydrogen-bond acceptors (Lipinski definition) is 4. The SMILES string of the molecule is Cc1ccc(C(=O)[C@@H]2[C@@H]3C(=O)N(c4cccc(Cl)c4Cl)C(=O)[C@H]3[C@H]3CCCN32)cc1. The van der Waals surface area contributed by atoms with Crippen molar-refractivity contribution in [3.05, 3.63) is 63.6 Å². The summed E-state index contributed by atoms with van der Waals surface area (Å²) >= 11 is 12.5. The van der Waals surface area contributed by atoms with Gasteiger partial charge in [-0.2, -0.15) is 0 Å². The van der Waals surface area contributed by atoms with Gasteiger partial charge in [-0.05, 0) is 38.4 Å². The third-order valence-electron chi connectivity index (χ3n) is 6.63. The molecule has 0 N–H and O–H groups in total. The van der Waals surface area contributed by atoms with Crippen LogP contribution < -0.4 is 4.90 Å². The molecule has 3 aliphatic heterocycles. The van der Waals surface area contributed by atoms with E-state index in [-0.39, 0.29) is 33.7 Å². The Hall–Kier alpha value is -2.21. The molecule has 3 fully saturated rings. The number of anilines is 1. The second-order valence-corrected chi connectivity index (χ2v) is 9.04. The Kier molecular flexibility index (Phi) is 4.73. The van der Waals surface area contributed by atoms with Crippen molar-refractivity contribution in [3.63, 3.8) is 0 Å². The van der Waals surface area contributed by atoms with Gasteiger partial charge in [0, 0.05) is 11.6 Å². The topological polar surface area (TPSA) is 57.7 Å². The van der Waals surface area contributed by atoms with Gasteiger partial charge in [0.15, 0.2) is 5.78 Å². The Morgan fingerprint density at radius 2 is 1.70 bits per heavy atom. The number of hydrogen-bond donors (Lipinski definition) is 0. The smallest absolute Gasteiger partial charge is 0.239 e. The van der Waals surface area contributed by atoms with Gasteiger partial charge in [0.2, 0.25) is 11.8 Å². The van der Waals surface area contributed by atoms with Crippen LogP contribution in [0.1, 0.15) is 28.8 Å². The summed E-state index contributed by atoms with van der Waals surface area (Å²) in [5, 5.41) is 0.451. The van der Waals surface area contributed by atoms with Crippen LogP contribution in [0.3, 0.4) is 0 Å². The zero-order valence-electron chi connectivity index (χ0n) is 16.3. The average Bonchev–Trinajstić information content (AvgIpc) is 3.37. The highest BCUT2D eigenvalue weighted by Crippen LogP contribution is 2.49. The number of benzene rings is 2. The van der Waals surface area contributed by atoms with Crippen LogP contribution in [0.4, 0.5) is 5.69 Å². The first-order valence-corrected chi connectivity index (χ1v) is 10.8. The second-order valence-electron chi connectivity index (χ2n) is 8.26. The van der Waals surface area contributed by atoms with Gasteiger partial charge in [0.25, 0.3) is 0 Å². The van der Waals surface area contributed by atoms with Gasteiger partial charge in [-0.3, -0.25) is 19.3 Å². The standard InChI is InChI=1S/C23H20Cl2N2O3/c1-12-7-9-13(10-8-12)21(28)20-18-17(15-6-3-11-26(15)20)22(29)27(23(18)30)16-5-2-4-14(24)19(16)25/h2,4-5,7-10,15,17-18,20H,3,6,11H2,1H3/t15-,17+,18-,20+/m1/s1. The van der Waals surface area contributed by atoms with E-state index >= 15 is 0 Å². The zero-order chi connectivity index (χ0) is 21.2. The lowest BCUT2D eigenvalue weighted by Crippen LogP contribution is -2.46. The molecule has 3 aliphatic rings. The number of rotatable bonds is 3. The van der Waals surface area contributed by atoms with E-state index in [1.54, 1.807) is 30.3 Å². The first kappa shape index (κ1) is 19.7. The van der Waals surface area contributed by atoms with Gasteiger partial charge >= 0.3 is 0 Å². The number of nitrogens with zero attached hydrogens (tertiary/aromatic N) is 2. The molecule has 7 heteroatoms. The molecule has 0 aliphatic carbocycles. The quantitative estimate of drug-likeness (QED) is 0.529. The molecular weight excluding hydrogens is 423 g/mol. The molecule has 5 nitrogen and oxygen atoms in total. The lowest BCUT2D eigenvalue weighted by Gasteiger charge is -2.28. The van der Waals surface area contributed by atoms with E-state index in [2.05, 4.69) is 4.90 Å². The molecule has 2 aromatic carbocycles. The van der Waals surface area contributed by atoms with Gasteiger partial charge in [-0.1, -0.05) is 59.1 Å². The number of fused-ring (bicyclic) bond motifs is 3. The third kappa shape index (κ3) is 2.76. The number of Topliss-reactive ketones (excluding diaryl/α,β-unsaturated/α-hetero) is 1. The minimum atomic E-state index is -0.702. The molecule has 4 atom stereocenters. The number of aryl methyl sites for hydroxylation is 1. The Morgan fingerprint density at radius 1 is 1.00 bits per heavy atom. The van der Waals surface area contributed by atoms with Gasteiger partial charge in [-0.15, -0.1) is 0 Å². The van der Waals surface area contributed by atoms with Crippen molar-refractivity contribution in [2.45, 2.75) is 31.8 Å². The summed E-state index contributed by atoms with van der Waals surface area (Å²) in [4.78, 5) is 43.6. The van der Waals surface area contributed by atoms with Crippen LogP contribution in [0.5, 0.6) is 0 Å². The number of imide groups is 1. The van der Waals surface area contributed by atoms with Crippen molar-refractivity contribution in [2.75, 3.05) is 11.4 Å². The van der Waals surface area contributed by atoms with Crippen LogP contribution >= 0.6 is 23.2 Å². The molecule has 2 aromatic rings. The highest BCUT2D eigenvalue weighted by Gasteiger charge is 2.64. The summed E-state index contributed by atoms with van der Waals surface area (Å²) in [6, 6.07) is 11.5. The van der Waals surface area contributed by atoms with E-state index in [1.165, 1.54) is 0 Å². The number of ketones is 1. The Balaban J connectivity index is 1.57. The Bertz CT molecular complexity index is 1070. The molecule has 0 unspecified atom stereocenters. The van der Waals surface area contributed by atoms with E-state index in [0.717, 1.165) is 29.8 Å². The number of amides is 2. The summed E-state index contributed by atoms with van der Waals surface area (Å²) in [7, 11) is 0. The minimum absolute atomic E-state index is 0.102. The van der Waals surface area contributed by atoms with E-state index in [1.807, 2.05) is 19.1 Å². The van der Waals surface area contributed by atoms with Crippen molar-refractivity contribution in [1.82, 2.24) is 4.90 Å². The van der Waals surface area contributed by atoms with Crippen LogP contribution in [0, 0.1) is 18.8 Å². The monoisotopic (exact) mass is 442 g/mol. The fourth-order valence-electron chi connectivity index (χ4n) is 5.31. The van der Waals surface area contributed by atoms with Crippen LogP contribution in [-0.4, -0.2) is 41.1 Å². The maximum Gasteiger partial charge on any atom is 0.239 e. The first-order valence-electron chi connectivity index (χ1n) is 10.1. The molecule has 0 saturated carbocycles. The van der Waals surface area contributed by atoms with E-state index in [9.17, 15) is 14.4 Å². The van der Waals surface area contributed by atoms with Crippen molar-refractivity contribution in [3.8, 4) is 0 Å². The second kappa shape index (κ2) is 7.19. The highest BCUT2D eigenvalue weighted by atomic mass is 35.5. The van der Waals surface area contributed by atoms with Crippen molar-refractivity contribution >= 4 is 46.5 Å². The minimum Gasteiger partial charge on any atom is -0.292 e. The lowest BCUT2D eigenvalue weighted by atomic mass is 9.85.